The van der Waals surface area contributed by atoms with Crippen LogP contribution in [0.25, 0.3) is 0 Å². The van der Waals surface area contributed by atoms with E-state index in [9.17, 15) is 14.5 Å². The molecule has 1 aromatic carbocycles. The predicted octanol–water partition coefficient (Wildman–Crippen LogP) is 3.08. The van der Waals surface area contributed by atoms with Crippen molar-refractivity contribution in [3.05, 3.63) is 39.7 Å². The van der Waals surface area contributed by atoms with E-state index in [1.807, 2.05) is 0 Å². The van der Waals surface area contributed by atoms with E-state index in [2.05, 4.69) is 15.9 Å². The summed E-state index contributed by atoms with van der Waals surface area (Å²) in [7, 11) is 0. The Hall–Kier alpha value is -1.01. The molecule has 98 valence electrons. The van der Waals surface area contributed by atoms with Crippen LogP contribution in [0.15, 0.2) is 18.2 Å². The summed E-state index contributed by atoms with van der Waals surface area (Å²) < 4.78 is 18.6. The first-order valence-electron chi connectivity index (χ1n) is 5.72. The summed E-state index contributed by atoms with van der Waals surface area (Å²) >= 11 is 3.55. The molecule has 0 saturated carbocycles. The molecule has 0 radical (unpaired) electrons. The number of nitrogens with zero attached hydrogens (tertiary/aromatic N) is 1. The summed E-state index contributed by atoms with van der Waals surface area (Å²) in [5, 5.41) is 10.9. The van der Waals surface area contributed by atoms with E-state index in [-0.39, 0.29) is 16.4 Å². The maximum absolute atomic E-state index is 13.2. The second kappa shape index (κ2) is 5.75. The Bertz CT molecular complexity index is 455. The van der Waals surface area contributed by atoms with Gasteiger partial charge in [-0.3, -0.25) is 10.1 Å². The van der Waals surface area contributed by atoms with Crippen LogP contribution >= 0.6 is 15.9 Å². The van der Waals surface area contributed by atoms with Gasteiger partial charge < -0.3 is 4.74 Å². The van der Waals surface area contributed by atoms with E-state index in [0.717, 1.165) is 12.5 Å². The van der Waals surface area contributed by atoms with Crippen molar-refractivity contribution < 1.29 is 14.1 Å². The second-order valence-electron chi connectivity index (χ2n) is 4.37. The first-order chi connectivity index (χ1) is 8.58. The molecule has 1 fully saturated rings. The highest BCUT2D eigenvalue weighted by Crippen LogP contribution is 2.29. The van der Waals surface area contributed by atoms with Crippen LogP contribution in [0.2, 0.25) is 0 Å². The molecule has 1 aromatic rings. The van der Waals surface area contributed by atoms with Gasteiger partial charge in [0.1, 0.15) is 5.82 Å². The molecule has 6 heteroatoms. The van der Waals surface area contributed by atoms with Gasteiger partial charge in [0.15, 0.2) is 0 Å². The molecule has 1 saturated heterocycles. The Morgan fingerprint density at radius 3 is 3.00 bits per heavy atom. The molecule has 0 aliphatic carbocycles. The number of rotatable bonds is 3. The molecule has 2 unspecified atom stereocenters. The molecule has 1 aliphatic rings. The van der Waals surface area contributed by atoms with Crippen molar-refractivity contribution in [2.24, 2.45) is 5.92 Å². The van der Waals surface area contributed by atoms with Crippen LogP contribution in [0.1, 0.15) is 12.0 Å². The van der Waals surface area contributed by atoms with E-state index in [1.54, 1.807) is 0 Å². The van der Waals surface area contributed by atoms with E-state index in [4.69, 9.17) is 4.74 Å². The summed E-state index contributed by atoms with van der Waals surface area (Å²) in [6.07, 6.45) is 1.32. The average Bonchev–Trinajstić information content (AvgIpc) is 2.32. The molecule has 0 aromatic heterocycles. The third-order valence-electron chi connectivity index (χ3n) is 3.10. The van der Waals surface area contributed by atoms with Crippen LogP contribution in [-0.2, 0) is 11.2 Å². The maximum atomic E-state index is 13.2. The number of alkyl halides is 1. The summed E-state index contributed by atoms with van der Waals surface area (Å²) in [6, 6.07) is 3.58. The molecule has 0 bridgehead atoms. The van der Waals surface area contributed by atoms with E-state index >= 15 is 0 Å². The zero-order valence-corrected chi connectivity index (χ0v) is 11.2. The summed E-state index contributed by atoms with van der Waals surface area (Å²) in [5.74, 6) is -0.308. The van der Waals surface area contributed by atoms with Gasteiger partial charge in [0, 0.05) is 23.1 Å². The van der Waals surface area contributed by atoms with Gasteiger partial charge in [-0.1, -0.05) is 15.9 Å². The minimum Gasteiger partial charge on any atom is -0.381 e. The highest BCUT2D eigenvalue weighted by Gasteiger charge is 2.26. The fraction of sp³-hybridized carbons (Fsp3) is 0.500. The molecular weight excluding hydrogens is 305 g/mol. The summed E-state index contributed by atoms with van der Waals surface area (Å²) in [4.78, 5) is 10.7. The molecule has 0 N–H and O–H groups in total. The lowest BCUT2D eigenvalue weighted by Gasteiger charge is -2.27. The lowest BCUT2D eigenvalue weighted by Crippen LogP contribution is -2.29. The zero-order valence-electron chi connectivity index (χ0n) is 9.64. The summed E-state index contributed by atoms with van der Waals surface area (Å²) in [6.45, 7) is 1.24. The first kappa shape index (κ1) is 13.4. The Balaban J connectivity index is 2.21. The number of hydrogen-bond acceptors (Lipinski definition) is 3. The normalized spacial score (nSPS) is 23.9. The Morgan fingerprint density at radius 1 is 1.56 bits per heavy atom. The second-order valence-corrected chi connectivity index (χ2v) is 5.55. The standard InChI is InChI=1S/C12H13BrFNO3/c13-11-3-4-18-7-9(11)5-8-6-10(14)1-2-12(8)15(16)17/h1-2,6,9,11H,3-5,7H2. The van der Waals surface area contributed by atoms with Gasteiger partial charge in [0.2, 0.25) is 0 Å². The van der Waals surface area contributed by atoms with Gasteiger partial charge in [-0.15, -0.1) is 0 Å². The molecule has 2 atom stereocenters. The van der Waals surface area contributed by atoms with Crippen molar-refractivity contribution >= 4 is 21.6 Å². The van der Waals surface area contributed by atoms with Crippen LogP contribution in [0, 0.1) is 21.8 Å². The molecule has 18 heavy (non-hydrogen) atoms. The molecular formula is C12H13BrFNO3. The third kappa shape index (κ3) is 3.05. The fourth-order valence-corrected chi connectivity index (χ4v) is 2.66. The SMILES string of the molecule is O=[N+]([O-])c1ccc(F)cc1CC1COCCC1Br. The molecule has 1 aliphatic heterocycles. The maximum Gasteiger partial charge on any atom is 0.272 e. The monoisotopic (exact) mass is 317 g/mol. The van der Waals surface area contributed by atoms with Gasteiger partial charge in [-0.25, -0.2) is 4.39 Å². The van der Waals surface area contributed by atoms with Gasteiger partial charge in [-0.2, -0.15) is 0 Å². The number of benzene rings is 1. The van der Waals surface area contributed by atoms with Crippen LogP contribution < -0.4 is 0 Å². The number of halogens is 2. The first-order valence-corrected chi connectivity index (χ1v) is 6.64. The molecule has 1 heterocycles. The molecule has 4 nitrogen and oxygen atoms in total. The van der Waals surface area contributed by atoms with Crippen molar-refractivity contribution in [1.29, 1.82) is 0 Å². The third-order valence-corrected chi connectivity index (χ3v) is 4.31. The number of nitro groups is 1. The highest BCUT2D eigenvalue weighted by molar-refractivity contribution is 9.09. The Labute approximate surface area is 112 Å². The smallest absolute Gasteiger partial charge is 0.272 e. The molecule has 2 rings (SSSR count). The van der Waals surface area contributed by atoms with E-state index in [1.165, 1.54) is 12.1 Å². The Kier molecular flexibility index (Phi) is 4.29. The summed E-state index contributed by atoms with van der Waals surface area (Å²) in [5.41, 5.74) is 0.404. The lowest BCUT2D eigenvalue weighted by atomic mass is 9.93. The van der Waals surface area contributed by atoms with Crippen LogP contribution in [0.5, 0.6) is 0 Å². The zero-order chi connectivity index (χ0) is 13.1. The predicted molar refractivity (Wildman–Crippen MR) is 68.4 cm³/mol. The van der Waals surface area contributed by atoms with Crippen LogP contribution in [0.3, 0.4) is 0 Å². The van der Waals surface area contributed by atoms with Gasteiger partial charge in [0.25, 0.3) is 5.69 Å². The number of hydrogen-bond donors (Lipinski definition) is 0. The minimum atomic E-state index is -0.471. The molecule has 0 spiro atoms. The van der Waals surface area contributed by atoms with Crippen LogP contribution in [-0.4, -0.2) is 23.0 Å². The topological polar surface area (TPSA) is 52.4 Å². The number of nitro benzene ring substituents is 1. The van der Waals surface area contributed by atoms with Crippen molar-refractivity contribution in [3.8, 4) is 0 Å². The lowest BCUT2D eigenvalue weighted by molar-refractivity contribution is -0.385. The van der Waals surface area contributed by atoms with E-state index in [0.29, 0.717) is 25.2 Å². The molecule has 0 amide bonds. The van der Waals surface area contributed by atoms with Crippen molar-refractivity contribution in [1.82, 2.24) is 0 Å². The van der Waals surface area contributed by atoms with Crippen molar-refractivity contribution in [3.63, 3.8) is 0 Å². The highest BCUT2D eigenvalue weighted by atomic mass is 79.9. The van der Waals surface area contributed by atoms with Crippen LogP contribution in [0.4, 0.5) is 10.1 Å². The quantitative estimate of drug-likeness (QED) is 0.489. The van der Waals surface area contributed by atoms with Gasteiger partial charge >= 0.3 is 0 Å². The van der Waals surface area contributed by atoms with Crippen molar-refractivity contribution in [2.75, 3.05) is 13.2 Å². The largest absolute Gasteiger partial charge is 0.381 e. The van der Waals surface area contributed by atoms with Crippen molar-refractivity contribution in [2.45, 2.75) is 17.7 Å². The average molecular weight is 318 g/mol. The van der Waals surface area contributed by atoms with E-state index < -0.39 is 10.7 Å². The number of ether oxygens (including phenoxy) is 1. The fourth-order valence-electron chi connectivity index (χ4n) is 2.14. The Morgan fingerprint density at radius 2 is 2.33 bits per heavy atom. The van der Waals surface area contributed by atoms with Gasteiger partial charge in [0.05, 0.1) is 11.5 Å². The van der Waals surface area contributed by atoms with Gasteiger partial charge in [-0.05, 0) is 30.9 Å². The minimum absolute atomic E-state index is 0.0262.